The number of fused-ring (bicyclic) bond motifs is 1. The predicted molar refractivity (Wildman–Crippen MR) is 109 cm³/mol. The van der Waals surface area contributed by atoms with E-state index in [9.17, 15) is 13.2 Å². The number of aromatic nitrogens is 3. The lowest BCUT2D eigenvalue weighted by Crippen LogP contribution is -2.31. The first-order valence-electron chi connectivity index (χ1n) is 11.0. The van der Waals surface area contributed by atoms with Gasteiger partial charge < -0.3 is 15.0 Å². The number of nitrogens with zero attached hydrogens (tertiary/aromatic N) is 3. The van der Waals surface area contributed by atoms with Gasteiger partial charge in [0.05, 0.1) is 17.9 Å². The first-order valence-corrected chi connectivity index (χ1v) is 11.0. The molecule has 2 aromatic heterocycles. The van der Waals surface area contributed by atoms with Crippen molar-refractivity contribution in [1.82, 2.24) is 19.9 Å². The fourth-order valence-electron chi connectivity index (χ4n) is 5.18. The Labute approximate surface area is 175 Å². The van der Waals surface area contributed by atoms with E-state index in [4.69, 9.17) is 10.1 Å². The third-order valence-corrected chi connectivity index (χ3v) is 7.40. The second-order valence-electron chi connectivity index (χ2n) is 9.01. The van der Waals surface area contributed by atoms with Crippen molar-refractivity contribution in [3.8, 4) is 0 Å². The second kappa shape index (κ2) is 8.11. The number of hydrogen-bond acceptors (Lipinski definition) is 4. The van der Waals surface area contributed by atoms with E-state index >= 15 is 0 Å². The van der Waals surface area contributed by atoms with Crippen LogP contribution in [0, 0.1) is 11.8 Å². The average Bonchev–Trinajstić information content (AvgIpc) is 3.47. The van der Waals surface area contributed by atoms with Crippen LogP contribution >= 0.6 is 0 Å². The molecule has 2 atom stereocenters. The van der Waals surface area contributed by atoms with E-state index in [1.165, 1.54) is 25.7 Å². The maximum absolute atomic E-state index is 13.6. The van der Waals surface area contributed by atoms with E-state index < -0.39 is 11.6 Å². The summed E-state index contributed by atoms with van der Waals surface area (Å²) in [6.07, 6.45) is 5.33. The zero-order valence-electron chi connectivity index (χ0n) is 17.7. The summed E-state index contributed by atoms with van der Waals surface area (Å²) < 4.78 is 42.3. The van der Waals surface area contributed by atoms with Gasteiger partial charge in [0.1, 0.15) is 10.9 Å². The number of aryl methyl sites for hydroxylation is 1. The first kappa shape index (κ1) is 21.6. The minimum atomic E-state index is -4.22. The van der Waals surface area contributed by atoms with Gasteiger partial charge in [-0.25, -0.2) is 4.98 Å². The number of hydrogen-bond donors (Lipinski definition) is 2. The summed E-state index contributed by atoms with van der Waals surface area (Å²) in [6, 6.07) is 1.72. The van der Waals surface area contributed by atoms with Crippen LogP contribution in [0.25, 0.3) is 11.2 Å². The van der Waals surface area contributed by atoms with E-state index in [1.54, 1.807) is 23.9 Å². The van der Waals surface area contributed by atoms with Crippen molar-refractivity contribution >= 4 is 11.2 Å². The van der Waals surface area contributed by atoms with Gasteiger partial charge in [-0.1, -0.05) is 25.7 Å². The van der Waals surface area contributed by atoms with Gasteiger partial charge in [0.25, 0.3) is 0 Å². The quantitative estimate of drug-likeness (QED) is 0.767. The van der Waals surface area contributed by atoms with Crippen molar-refractivity contribution in [2.45, 2.75) is 69.0 Å². The lowest BCUT2D eigenvalue weighted by Gasteiger charge is -2.33. The van der Waals surface area contributed by atoms with Crippen molar-refractivity contribution in [2.75, 3.05) is 13.7 Å². The molecule has 1 aliphatic heterocycles. The molecule has 3 fully saturated rings. The second-order valence-corrected chi connectivity index (χ2v) is 9.01. The number of rotatable bonds is 3. The summed E-state index contributed by atoms with van der Waals surface area (Å²) in [7, 11) is 2.69. The molecule has 3 heterocycles. The van der Waals surface area contributed by atoms with Gasteiger partial charge in [-0.15, -0.1) is 0 Å². The van der Waals surface area contributed by atoms with E-state index in [0.29, 0.717) is 16.9 Å². The fourth-order valence-corrected chi connectivity index (χ4v) is 5.18. The number of halogens is 3. The molecule has 0 radical (unpaired) electrons. The highest BCUT2D eigenvalue weighted by Crippen LogP contribution is 2.59. The Balaban J connectivity index is 0.00000106. The third-order valence-electron chi connectivity index (χ3n) is 7.40. The standard InChI is InChI=1S/C21H27F3N4.CH4O/c1-28-18(20(8-9-20)21(22,23)24)10-16-19(28)27-17(12-26-16)15-7-3-6-14(11-25-15)13-4-2-5-13;1-2/h10,12-15,25H,2-9,11H2,1H3;2H,1H3. The number of nitrogens with one attached hydrogen (secondary N) is 1. The van der Waals surface area contributed by atoms with Crippen LogP contribution in [0.3, 0.4) is 0 Å². The molecule has 2 N–H and O–H groups in total. The van der Waals surface area contributed by atoms with Gasteiger partial charge in [-0.2, -0.15) is 13.2 Å². The summed E-state index contributed by atoms with van der Waals surface area (Å²) in [4.78, 5) is 9.24. The van der Waals surface area contributed by atoms with E-state index in [-0.39, 0.29) is 18.9 Å². The van der Waals surface area contributed by atoms with Crippen LogP contribution < -0.4 is 5.32 Å². The number of alkyl halides is 3. The van der Waals surface area contributed by atoms with E-state index in [0.717, 1.165) is 44.0 Å². The maximum atomic E-state index is 13.6. The van der Waals surface area contributed by atoms with Crippen LogP contribution in [0.2, 0.25) is 0 Å². The van der Waals surface area contributed by atoms with E-state index in [2.05, 4.69) is 10.3 Å². The molecule has 0 aromatic carbocycles. The molecule has 0 bridgehead atoms. The van der Waals surface area contributed by atoms with Crippen LogP contribution in [0.15, 0.2) is 12.3 Å². The van der Waals surface area contributed by atoms with Crippen molar-refractivity contribution in [2.24, 2.45) is 18.9 Å². The highest BCUT2D eigenvalue weighted by molar-refractivity contribution is 5.74. The first-order chi connectivity index (χ1) is 14.4. The molecule has 5 rings (SSSR count). The highest BCUT2D eigenvalue weighted by atomic mass is 19.4. The minimum Gasteiger partial charge on any atom is -0.400 e. The molecule has 0 spiro atoms. The minimum absolute atomic E-state index is 0.137. The molecule has 3 aliphatic rings. The van der Waals surface area contributed by atoms with Gasteiger partial charge >= 0.3 is 6.18 Å². The molecule has 5 nitrogen and oxygen atoms in total. The molecule has 2 aromatic rings. The Kier molecular flexibility index (Phi) is 5.83. The van der Waals surface area contributed by atoms with Gasteiger partial charge in [-0.3, -0.25) is 4.98 Å². The topological polar surface area (TPSA) is 63.0 Å². The zero-order chi connectivity index (χ0) is 21.5. The molecule has 30 heavy (non-hydrogen) atoms. The summed E-state index contributed by atoms with van der Waals surface area (Å²) in [5, 5.41) is 10.7. The maximum Gasteiger partial charge on any atom is 0.399 e. The molecular formula is C22H31F3N4O. The molecule has 2 saturated carbocycles. The summed E-state index contributed by atoms with van der Waals surface area (Å²) in [6.45, 7) is 1.00. The zero-order valence-corrected chi connectivity index (χ0v) is 17.7. The number of aliphatic hydroxyl groups excluding tert-OH is 1. The SMILES string of the molecule is CO.Cn1c(C2(C(F)(F)F)CC2)cc2ncc(C3CCCC(C4CCC4)CN3)nc21. The smallest absolute Gasteiger partial charge is 0.399 e. The Morgan fingerprint density at radius 3 is 2.37 bits per heavy atom. The molecule has 166 valence electrons. The lowest BCUT2D eigenvalue weighted by molar-refractivity contribution is -0.162. The van der Waals surface area contributed by atoms with Crippen molar-refractivity contribution in [3.63, 3.8) is 0 Å². The molecular weight excluding hydrogens is 393 g/mol. The van der Waals surface area contributed by atoms with Crippen molar-refractivity contribution < 1.29 is 18.3 Å². The lowest BCUT2D eigenvalue weighted by atomic mass is 9.74. The van der Waals surface area contributed by atoms with Crippen LogP contribution in [-0.4, -0.2) is 39.5 Å². The van der Waals surface area contributed by atoms with Gasteiger partial charge in [0.15, 0.2) is 5.65 Å². The summed E-state index contributed by atoms with van der Waals surface area (Å²) in [5.41, 5.74) is 0.556. The predicted octanol–water partition coefficient (Wildman–Crippen LogP) is 4.40. The molecule has 2 unspecified atom stereocenters. The van der Waals surface area contributed by atoms with Gasteiger partial charge in [-0.05, 0) is 50.1 Å². The van der Waals surface area contributed by atoms with Gasteiger partial charge in [0, 0.05) is 19.9 Å². The Morgan fingerprint density at radius 1 is 1.10 bits per heavy atom. The van der Waals surface area contributed by atoms with Crippen LogP contribution in [0.4, 0.5) is 13.2 Å². The highest BCUT2D eigenvalue weighted by Gasteiger charge is 2.65. The van der Waals surface area contributed by atoms with Crippen molar-refractivity contribution in [1.29, 1.82) is 0 Å². The largest absolute Gasteiger partial charge is 0.400 e. The molecule has 1 saturated heterocycles. The van der Waals surface area contributed by atoms with Gasteiger partial charge in [0.2, 0.25) is 0 Å². The summed E-state index contributed by atoms with van der Waals surface area (Å²) >= 11 is 0. The van der Waals surface area contributed by atoms with Crippen LogP contribution in [0.1, 0.15) is 68.8 Å². The van der Waals surface area contributed by atoms with Crippen molar-refractivity contribution in [3.05, 3.63) is 23.7 Å². The Bertz CT molecular complexity index is 886. The monoisotopic (exact) mass is 424 g/mol. The normalized spacial score (nSPS) is 26.5. The Hall–Kier alpha value is -1.67. The third kappa shape index (κ3) is 3.62. The fraction of sp³-hybridized carbons (Fsp3) is 0.727. The molecule has 2 aliphatic carbocycles. The summed E-state index contributed by atoms with van der Waals surface area (Å²) in [5.74, 6) is 1.62. The van der Waals surface area contributed by atoms with E-state index in [1.807, 2.05) is 0 Å². The van der Waals surface area contributed by atoms with Crippen LogP contribution in [0.5, 0.6) is 0 Å². The average molecular weight is 425 g/mol. The van der Waals surface area contributed by atoms with Crippen LogP contribution in [-0.2, 0) is 12.5 Å². The molecule has 0 amide bonds. The Morgan fingerprint density at radius 2 is 1.77 bits per heavy atom. The number of aliphatic hydroxyl groups is 1. The molecule has 8 heteroatoms.